The molecule has 4 nitrogen and oxygen atoms in total. The highest BCUT2D eigenvalue weighted by Crippen LogP contribution is 2.10. The zero-order valence-electron chi connectivity index (χ0n) is 10.7. The molecule has 1 amide bonds. The summed E-state index contributed by atoms with van der Waals surface area (Å²) in [4.78, 5) is 11.8. The van der Waals surface area contributed by atoms with E-state index in [0.717, 1.165) is 18.7 Å². The zero-order valence-corrected chi connectivity index (χ0v) is 10.7. The van der Waals surface area contributed by atoms with Crippen molar-refractivity contribution in [3.8, 4) is 5.75 Å². The summed E-state index contributed by atoms with van der Waals surface area (Å²) in [6.07, 6.45) is 1.86. The maximum absolute atomic E-state index is 11.8. The Hall–Kier alpha value is -1.55. The Morgan fingerprint density at radius 1 is 1.50 bits per heavy atom. The summed E-state index contributed by atoms with van der Waals surface area (Å²) >= 11 is 0. The van der Waals surface area contributed by atoms with E-state index < -0.39 is 6.10 Å². The van der Waals surface area contributed by atoms with E-state index in [4.69, 9.17) is 4.74 Å². The first-order chi connectivity index (χ1) is 8.75. The molecule has 2 unspecified atom stereocenters. The molecule has 2 rings (SSSR count). The average Bonchev–Trinajstić information content (AvgIpc) is 2.90. The normalized spacial score (nSPS) is 20.4. The van der Waals surface area contributed by atoms with Gasteiger partial charge in [-0.3, -0.25) is 4.79 Å². The summed E-state index contributed by atoms with van der Waals surface area (Å²) in [5, 5.41) is 6.26. The molecular formula is C14H20N2O2. The van der Waals surface area contributed by atoms with E-state index in [-0.39, 0.29) is 5.91 Å². The van der Waals surface area contributed by atoms with E-state index in [1.54, 1.807) is 6.92 Å². The Balaban J connectivity index is 1.74. The quantitative estimate of drug-likeness (QED) is 0.826. The van der Waals surface area contributed by atoms with Crippen LogP contribution < -0.4 is 15.4 Å². The third-order valence-corrected chi connectivity index (χ3v) is 3.11. The van der Waals surface area contributed by atoms with Crippen molar-refractivity contribution in [1.29, 1.82) is 0 Å². The Morgan fingerprint density at radius 2 is 2.28 bits per heavy atom. The van der Waals surface area contributed by atoms with E-state index in [1.165, 1.54) is 6.42 Å². The lowest BCUT2D eigenvalue weighted by Gasteiger charge is -2.16. The summed E-state index contributed by atoms with van der Waals surface area (Å²) < 4.78 is 5.56. The molecule has 0 aromatic heterocycles. The molecule has 1 aromatic rings. The van der Waals surface area contributed by atoms with E-state index in [0.29, 0.717) is 12.6 Å². The lowest BCUT2D eigenvalue weighted by molar-refractivity contribution is -0.127. The van der Waals surface area contributed by atoms with Gasteiger partial charge < -0.3 is 15.4 Å². The molecule has 0 aliphatic carbocycles. The van der Waals surface area contributed by atoms with Crippen LogP contribution in [0.3, 0.4) is 0 Å². The maximum atomic E-state index is 11.8. The van der Waals surface area contributed by atoms with Crippen molar-refractivity contribution in [2.75, 3.05) is 13.1 Å². The van der Waals surface area contributed by atoms with E-state index in [1.807, 2.05) is 30.3 Å². The van der Waals surface area contributed by atoms with Crippen molar-refractivity contribution < 1.29 is 9.53 Å². The van der Waals surface area contributed by atoms with Gasteiger partial charge in [-0.1, -0.05) is 18.2 Å². The standard InChI is InChI=1S/C14H20N2O2/c1-11(18-13-7-3-2-4-8-13)14(17)16-10-12-6-5-9-15-12/h2-4,7-8,11-12,15H,5-6,9-10H2,1H3,(H,16,17). The van der Waals surface area contributed by atoms with Crippen molar-refractivity contribution in [1.82, 2.24) is 10.6 Å². The third-order valence-electron chi connectivity index (χ3n) is 3.11. The van der Waals surface area contributed by atoms with Gasteiger partial charge >= 0.3 is 0 Å². The number of hydrogen-bond acceptors (Lipinski definition) is 3. The highest BCUT2D eigenvalue weighted by atomic mass is 16.5. The molecule has 2 N–H and O–H groups in total. The van der Waals surface area contributed by atoms with Crippen molar-refractivity contribution in [3.05, 3.63) is 30.3 Å². The van der Waals surface area contributed by atoms with Crippen LogP contribution in [0.1, 0.15) is 19.8 Å². The number of rotatable bonds is 5. The molecular weight excluding hydrogens is 228 g/mol. The van der Waals surface area contributed by atoms with Crippen molar-refractivity contribution in [2.45, 2.75) is 31.9 Å². The Labute approximate surface area is 108 Å². The van der Waals surface area contributed by atoms with Crippen molar-refractivity contribution in [3.63, 3.8) is 0 Å². The molecule has 1 aliphatic rings. The Bertz CT molecular complexity index is 375. The second-order valence-electron chi connectivity index (χ2n) is 4.61. The molecule has 1 heterocycles. The molecule has 0 saturated carbocycles. The fourth-order valence-corrected chi connectivity index (χ4v) is 2.06. The van der Waals surface area contributed by atoms with E-state index in [9.17, 15) is 4.79 Å². The second kappa shape index (κ2) is 6.40. The second-order valence-corrected chi connectivity index (χ2v) is 4.61. The maximum Gasteiger partial charge on any atom is 0.260 e. The van der Waals surface area contributed by atoms with Crippen LogP contribution in [-0.2, 0) is 4.79 Å². The Morgan fingerprint density at radius 3 is 2.94 bits per heavy atom. The predicted octanol–water partition coefficient (Wildman–Crippen LogP) is 1.32. The van der Waals surface area contributed by atoms with Crippen LogP contribution in [0.25, 0.3) is 0 Å². The molecule has 2 atom stereocenters. The molecule has 1 fully saturated rings. The molecule has 0 spiro atoms. The topological polar surface area (TPSA) is 50.4 Å². The third kappa shape index (κ3) is 3.74. The Kier molecular flexibility index (Phi) is 4.59. The fourth-order valence-electron chi connectivity index (χ4n) is 2.06. The van der Waals surface area contributed by atoms with Crippen LogP contribution in [0.5, 0.6) is 5.75 Å². The summed E-state index contributed by atoms with van der Waals surface area (Å²) in [5.74, 6) is 0.659. The van der Waals surface area contributed by atoms with Crippen LogP contribution in [0.2, 0.25) is 0 Å². The van der Waals surface area contributed by atoms with Crippen molar-refractivity contribution >= 4 is 5.91 Å². The minimum absolute atomic E-state index is 0.0625. The summed E-state index contributed by atoms with van der Waals surface area (Å²) in [5.41, 5.74) is 0. The molecule has 1 saturated heterocycles. The summed E-state index contributed by atoms with van der Waals surface area (Å²) in [6, 6.07) is 9.82. The van der Waals surface area contributed by atoms with Gasteiger partial charge in [-0.05, 0) is 38.4 Å². The van der Waals surface area contributed by atoms with Gasteiger partial charge in [0.05, 0.1) is 0 Å². The lowest BCUT2D eigenvalue weighted by atomic mass is 10.2. The molecule has 98 valence electrons. The first kappa shape index (κ1) is 12.9. The van der Waals surface area contributed by atoms with Gasteiger partial charge in [0.25, 0.3) is 5.91 Å². The number of amides is 1. The number of nitrogens with one attached hydrogen (secondary N) is 2. The summed E-state index contributed by atoms with van der Waals surface area (Å²) in [7, 11) is 0. The number of benzene rings is 1. The number of carbonyl (C=O) groups is 1. The van der Waals surface area contributed by atoms with Crippen LogP contribution in [0, 0.1) is 0 Å². The van der Waals surface area contributed by atoms with Gasteiger partial charge in [-0.25, -0.2) is 0 Å². The largest absolute Gasteiger partial charge is 0.481 e. The molecule has 0 bridgehead atoms. The van der Waals surface area contributed by atoms with Gasteiger partial charge in [0.1, 0.15) is 5.75 Å². The minimum atomic E-state index is -0.464. The van der Waals surface area contributed by atoms with E-state index in [2.05, 4.69) is 10.6 Å². The number of ether oxygens (including phenoxy) is 1. The lowest BCUT2D eigenvalue weighted by Crippen LogP contribution is -2.42. The highest BCUT2D eigenvalue weighted by molar-refractivity contribution is 5.80. The minimum Gasteiger partial charge on any atom is -0.481 e. The van der Waals surface area contributed by atoms with Crippen molar-refractivity contribution in [2.24, 2.45) is 0 Å². The van der Waals surface area contributed by atoms with Crippen LogP contribution in [-0.4, -0.2) is 31.1 Å². The fraction of sp³-hybridized carbons (Fsp3) is 0.500. The van der Waals surface area contributed by atoms with Crippen LogP contribution in [0.4, 0.5) is 0 Å². The number of para-hydroxylation sites is 1. The van der Waals surface area contributed by atoms with E-state index >= 15 is 0 Å². The number of hydrogen-bond donors (Lipinski definition) is 2. The molecule has 18 heavy (non-hydrogen) atoms. The highest BCUT2D eigenvalue weighted by Gasteiger charge is 2.18. The zero-order chi connectivity index (χ0) is 12.8. The van der Waals surface area contributed by atoms with Gasteiger partial charge in [-0.2, -0.15) is 0 Å². The SMILES string of the molecule is CC(Oc1ccccc1)C(=O)NCC1CCCN1. The predicted molar refractivity (Wildman–Crippen MR) is 70.6 cm³/mol. The van der Waals surface area contributed by atoms with Crippen LogP contribution in [0.15, 0.2) is 30.3 Å². The molecule has 1 aromatic carbocycles. The van der Waals surface area contributed by atoms with Gasteiger partial charge in [0, 0.05) is 12.6 Å². The number of carbonyl (C=O) groups excluding carboxylic acids is 1. The summed E-state index contributed by atoms with van der Waals surface area (Å²) in [6.45, 7) is 3.50. The average molecular weight is 248 g/mol. The van der Waals surface area contributed by atoms with Gasteiger partial charge in [0.15, 0.2) is 6.10 Å². The van der Waals surface area contributed by atoms with Gasteiger partial charge in [0.2, 0.25) is 0 Å². The smallest absolute Gasteiger partial charge is 0.260 e. The first-order valence-electron chi connectivity index (χ1n) is 6.48. The molecule has 1 aliphatic heterocycles. The monoisotopic (exact) mass is 248 g/mol. The van der Waals surface area contributed by atoms with Crippen LogP contribution >= 0.6 is 0 Å². The molecule has 0 radical (unpaired) electrons. The first-order valence-corrected chi connectivity index (χ1v) is 6.48. The van der Waals surface area contributed by atoms with Gasteiger partial charge in [-0.15, -0.1) is 0 Å². The molecule has 4 heteroatoms.